The standard InChI is InChI=1S/C18H26N4OS/c1-4-23-13-16-8-6-5-7-15(16)12-22-18(19-3)20-10-9-17-21-11-14(2)24-17/h5-8,11H,4,9-10,12-13H2,1-3H3,(H2,19,20,22). The van der Waals surface area contributed by atoms with Crippen molar-refractivity contribution in [2.75, 3.05) is 20.2 Å². The van der Waals surface area contributed by atoms with Gasteiger partial charge in [-0.15, -0.1) is 11.3 Å². The summed E-state index contributed by atoms with van der Waals surface area (Å²) >= 11 is 1.74. The Bertz CT molecular complexity index is 654. The molecular formula is C18H26N4OS. The zero-order chi connectivity index (χ0) is 17.2. The highest BCUT2D eigenvalue weighted by atomic mass is 32.1. The maximum Gasteiger partial charge on any atom is 0.191 e. The molecule has 24 heavy (non-hydrogen) atoms. The number of hydrogen-bond acceptors (Lipinski definition) is 4. The number of aromatic nitrogens is 1. The molecule has 0 saturated carbocycles. The third-order valence-corrected chi connectivity index (χ3v) is 4.52. The molecule has 0 fully saturated rings. The number of nitrogens with zero attached hydrogens (tertiary/aromatic N) is 2. The van der Waals surface area contributed by atoms with Crippen molar-refractivity contribution in [2.45, 2.75) is 33.4 Å². The molecule has 0 radical (unpaired) electrons. The van der Waals surface area contributed by atoms with Crippen LogP contribution in [0.25, 0.3) is 0 Å². The van der Waals surface area contributed by atoms with E-state index in [0.29, 0.717) is 6.61 Å². The van der Waals surface area contributed by atoms with Gasteiger partial charge < -0.3 is 15.4 Å². The van der Waals surface area contributed by atoms with E-state index in [9.17, 15) is 0 Å². The molecule has 0 atom stereocenters. The molecule has 2 rings (SSSR count). The second-order valence-corrected chi connectivity index (χ2v) is 6.69. The number of hydrogen-bond donors (Lipinski definition) is 2. The molecule has 2 N–H and O–H groups in total. The van der Waals surface area contributed by atoms with Crippen molar-refractivity contribution in [2.24, 2.45) is 4.99 Å². The lowest BCUT2D eigenvalue weighted by molar-refractivity contribution is 0.133. The van der Waals surface area contributed by atoms with Crippen molar-refractivity contribution in [3.05, 3.63) is 51.5 Å². The number of nitrogens with one attached hydrogen (secondary N) is 2. The minimum atomic E-state index is 0.643. The van der Waals surface area contributed by atoms with E-state index in [-0.39, 0.29) is 0 Å². The zero-order valence-corrected chi connectivity index (χ0v) is 15.4. The molecule has 0 aliphatic carbocycles. The van der Waals surface area contributed by atoms with Gasteiger partial charge in [0.25, 0.3) is 0 Å². The number of thiazole rings is 1. The van der Waals surface area contributed by atoms with Crippen LogP contribution in [0.2, 0.25) is 0 Å². The first-order valence-electron chi connectivity index (χ1n) is 8.23. The number of benzene rings is 1. The summed E-state index contributed by atoms with van der Waals surface area (Å²) < 4.78 is 5.53. The van der Waals surface area contributed by atoms with Crippen molar-refractivity contribution in [3.8, 4) is 0 Å². The average molecular weight is 347 g/mol. The number of aliphatic imine (C=N–C) groups is 1. The fourth-order valence-electron chi connectivity index (χ4n) is 2.29. The van der Waals surface area contributed by atoms with E-state index < -0.39 is 0 Å². The summed E-state index contributed by atoms with van der Waals surface area (Å²) in [6, 6.07) is 8.31. The van der Waals surface area contributed by atoms with Crippen molar-refractivity contribution in [1.82, 2.24) is 15.6 Å². The molecule has 0 aliphatic heterocycles. The van der Waals surface area contributed by atoms with E-state index in [0.717, 1.165) is 37.1 Å². The van der Waals surface area contributed by atoms with Crippen molar-refractivity contribution in [1.29, 1.82) is 0 Å². The first kappa shape index (κ1) is 18.4. The molecule has 1 heterocycles. The molecule has 0 saturated heterocycles. The fourth-order valence-corrected chi connectivity index (χ4v) is 3.07. The molecule has 0 unspecified atom stereocenters. The van der Waals surface area contributed by atoms with Crippen LogP contribution in [0, 0.1) is 6.92 Å². The molecule has 2 aromatic rings. The predicted octanol–water partition coefficient (Wildman–Crippen LogP) is 2.90. The molecule has 6 heteroatoms. The quantitative estimate of drug-likeness (QED) is 0.570. The van der Waals surface area contributed by atoms with E-state index in [1.807, 2.05) is 25.3 Å². The summed E-state index contributed by atoms with van der Waals surface area (Å²) in [4.78, 5) is 9.90. The number of ether oxygens (including phenoxy) is 1. The van der Waals surface area contributed by atoms with Crippen molar-refractivity contribution in [3.63, 3.8) is 0 Å². The van der Waals surface area contributed by atoms with Gasteiger partial charge in [-0.05, 0) is 25.0 Å². The van der Waals surface area contributed by atoms with Crippen LogP contribution in [0.4, 0.5) is 0 Å². The first-order valence-corrected chi connectivity index (χ1v) is 9.05. The Hall–Kier alpha value is -1.92. The maximum atomic E-state index is 5.53. The van der Waals surface area contributed by atoms with Gasteiger partial charge in [-0.25, -0.2) is 4.98 Å². The zero-order valence-electron chi connectivity index (χ0n) is 14.6. The van der Waals surface area contributed by atoms with Crippen LogP contribution in [0.1, 0.15) is 27.9 Å². The Morgan fingerprint density at radius 3 is 2.71 bits per heavy atom. The maximum absolute atomic E-state index is 5.53. The lowest BCUT2D eigenvalue weighted by Gasteiger charge is -2.14. The Morgan fingerprint density at radius 1 is 1.25 bits per heavy atom. The Morgan fingerprint density at radius 2 is 2.04 bits per heavy atom. The van der Waals surface area contributed by atoms with Gasteiger partial charge in [-0.2, -0.15) is 0 Å². The van der Waals surface area contributed by atoms with Crippen LogP contribution >= 0.6 is 11.3 Å². The van der Waals surface area contributed by atoms with Crippen molar-refractivity contribution < 1.29 is 4.74 Å². The molecule has 0 bridgehead atoms. The average Bonchev–Trinajstić information content (AvgIpc) is 3.02. The fraction of sp³-hybridized carbons (Fsp3) is 0.444. The summed E-state index contributed by atoms with van der Waals surface area (Å²) in [6.45, 7) is 6.99. The number of guanidine groups is 1. The normalized spacial score (nSPS) is 11.5. The van der Waals surface area contributed by atoms with Gasteiger partial charge in [-0.3, -0.25) is 4.99 Å². The van der Waals surface area contributed by atoms with Gasteiger partial charge >= 0.3 is 0 Å². The van der Waals surface area contributed by atoms with Gasteiger partial charge in [0.2, 0.25) is 0 Å². The van der Waals surface area contributed by atoms with Crippen LogP contribution < -0.4 is 10.6 Å². The predicted molar refractivity (Wildman–Crippen MR) is 101 cm³/mol. The molecule has 130 valence electrons. The minimum absolute atomic E-state index is 0.643. The summed E-state index contributed by atoms with van der Waals surface area (Å²) in [5.74, 6) is 0.800. The molecule has 5 nitrogen and oxygen atoms in total. The van der Waals surface area contributed by atoms with Crippen molar-refractivity contribution >= 4 is 17.3 Å². The molecule has 0 spiro atoms. The minimum Gasteiger partial charge on any atom is -0.377 e. The van der Waals surface area contributed by atoms with Gasteiger partial charge in [0.05, 0.1) is 11.6 Å². The van der Waals surface area contributed by atoms with E-state index in [1.165, 1.54) is 16.0 Å². The van der Waals surface area contributed by atoms with Crippen LogP contribution in [-0.4, -0.2) is 31.1 Å². The Balaban J connectivity index is 1.81. The molecule has 0 amide bonds. The van der Waals surface area contributed by atoms with E-state index in [2.05, 4.69) is 39.7 Å². The Kier molecular flexibility index (Phi) is 7.71. The number of rotatable bonds is 8. The van der Waals surface area contributed by atoms with E-state index in [4.69, 9.17) is 4.74 Å². The third-order valence-electron chi connectivity index (χ3n) is 3.55. The Labute approximate surface area is 148 Å². The van der Waals surface area contributed by atoms with Gasteiger partial charge in [-0.1, -0.05) is 24.3 Å². The second kappa shape index (κ2) is 10.1. The van der Waals surface area contributed by atoms with Gasteiger partial charge in [0, 0.05) is 44.2 Å². The number of aryl methyl sites for hydroxylation is 1. The summed E-state index contributed by atoms with van der Waals surface area (Å²) in [5.41, 5.74) is 2.44. The second-order valence-electron chi connectivity index (χ2n) is 5.37. The topological polar surface area (TPSA) is 58.5 Å². The highest BCUT2D eigenvalue weighted by Gasteiger charge is 2.04. The monoisotopic (exact) mass is 346 g/mol. The van der Waals surface area contributed by atoms with Crippen LogP contribution in [0.15, 0.2) is 35.5 Å². The molecule has 0 aliphatic rings. The van der Waals surface area contributed by atoms with Crippen LogP contribution in [0.3, 0.4) is 0 Å². The van der Waals surface area contributed by atoms with E-state index in [1.54, 1.807) is 18.4 Å². The first-order chi connectivity index (χ1) is 11.7. The largest absolute Gasteiger partial charge is 0.377 e. The highest BCUT2D eigenvalue weighted by molar-refractivity contribution is 7.11. The van der Waals surface area contributed by atoms with Crippen LogP contribution in [0.5, 0.6) is 0 Å². The molecule has 1 aromatic heterocycles. The van der Waals surface area contributed by atoms with Gasteiger partial charge in [0.1, 0.15) is 0 Å². The van der Waals surface area contributed by atoms with Gasteiger partial charge in [0.15, 0.2) is 5.96 Å². The summed E-state index contributed by atoms with van der Waals surface area (Å²) in [7, 11) is 1.79. The lowest BCUT2D eigenvalue weighted by atomic mass is 10.1. The SMILES string of the molecule is CCOCc1ccccc1CNC(=NC)NCCc1ncc(C)s1. The lowest BCUT2D eigenvalue weighted by Crippen LogP contribution is -2.38. The summed E-state index contributed by atoms with van der Waals surface area (Å²) in [6.07, 6.45) is 2.82. The highest BCUT2D eigenvalue weighted by Crippen LogP contribution is 2.11. The smallest absolute Gasteiger partial charge is 0.191 e. The molecule has 1 aromatic carbocycles. The third kappa shape index (κ3) is 5.94. The van der Waals surface area contributed by atoms with E-state index >= 15 is 0 Å². The molecular weight excluding hydrogens is 320 g/mol. The summed E-state index contributed by atoms with van der Waals surface area (Å²) in [5, 5.41) is 7.85. The van der Waals surface area contributed by atoms with Crippen LogP contribution in [-0.2, 0) is 24.3 Å².